The van der Waals surface area contributed by atoms with Crippen LogP contribution in [0.4, 0.5) is 0 Å². The van der Waals surface area contributed by atoms with Crippen LogP contribution in [0.5, 0.6) is 0 Å². The van der Waals surface area contributed by atoms with Crippen molar-refractivity contribution in [3.63, 3.8) is 0 Å². The van der Waals surface area contributed by atoms with Crippen molar-refractivity contribution in [3.05, 3.63) is 45.4 Å². The largest absolute Gasteiger partial charge is 0.369 e. The molecule has 2 aliphatic rings. The van der Waals surface area contributed by atoms with E-state index < -0.39 is 11.5 Å². The number of carbonyl (C=O) groups is 3. The van der Waals surface area contributed by atoms with E-state index in [0.717, 1.165) is 16.9 Å². The van der Waals surface area contributed by atoms with Crippen LogP contribution < -0.4 is 11.1 Å². The maximum atomic E-state index is 12.6. The van der Waals surface area contributed by atoms with Crippen LogP contribution in [0.3, 0.4) is 0 Å². The highest BCUT2D eigenvalue weighted by molar-refractivity contribution is 7.14. The van der Waals surface area contributed by atoms with E-state index in [0.29, 0.717) is 43.1 Å². The van der Waals surface area contributed by atoms with E-state index in [2.05, 4.69) is 10.3 Å². The molecule has 0 saturated carbocycles. The highest BCUT2D eigenvalue weighted by Gasteiger charge is 2.43. The zero-order chi connectivity index (χ0) is 19.7. The van der Waals surface area contributed by atoms with E-state index in [4.69, 9.17) is 10.5 Å². The number of nitrogens with zero attached hydrogens (tertiary/aromatic N) is 1. The number of aromatic amines is 1. The van der Waals surface area contributed by atoms with Crippen molar-refractivity contribution >= 4 is 29.1 Å². The fraction of sp³-hybridized carbons (Fsp3) is 0.421. The van der Waals surface area contributed by atoms with E-state index in [9.17, 15) is 14.4 Å². The molecule has 4 N–H and O–H groups in total. The van der Waals surface area contributed by atoms with Crippen LogP contribution in [0, 0.1) is 0 Å². The Morgan fingerprint density at radius 2 is 2.11 bits per heavy atom. The van der Waals surface area contributed by atoms with E-state index in [1.54, 1.807) is 12.3 Å². The quantitative estimate of drug-likeness (QED) is 0.707. The van der Waals surface area contributed by atoms with Gasteiger partial charge in [-0.15, -0.1) is 11.3 Å². The summed E-state index contributed by atoms with van der Waals surface area (Å²) < 4.78 is 6.20. The summed E-state index contributed by atoms with van der Waals surface area (Å²) in [6, 6.07) is 5.47. The molecule has 2 aromatic rings. The predicted octanol–water partition coefficient (Wildman–Crippen LogP) is 0.995. The molecule has 0 aliphatic carbocycles. The van der Waals surface area contributed by atoms with Gasteiger partial charge in [-0.1, -0.05) is 0 Å². The van der Waals surface area contributed by atoms with Gasteiger partial charge in [0.05, 0.1) is 18.0 Å². The maximum Gasteiger partial charge on any atom is 0.270 e. The Bertz CT molecular complexity index is 897. The molecule has 1 spiro atoms. The minimum Gasteiger partial charge on any atom is -0.369 e. The lowest BCUT2D eigenvalue weighted by Gasteiger charge is -2.43. The molecule has 28 heavy (non-hydrogen) atoms. The number of H-pyrrole nitrogens is 1. The van der Waals surface area contributed by atoms with Gasteiger partial charge >= 0.3 is 0 Å². The summed E-state index contributed by atoms with van der Waals surface area (Å²) in [4.78, 5) is 42.2. The highest BCUT2D eigenvalue weighted by Crippen LogP contribution is 2.45. The third kappa shape index (κ3) is 3.43. The minimum atomic E-state index is -0.575. The third-order valence-corrected chi connectivity index (χ3v) is 6.67. The van der Waals surface area contributed by atoms with E-state index in [1.807, 2.05) is 17.0 Å². The molecule has 8 nitrogen and oxygen atoms in total. The zero-order valence-corrected chi connectivity index (χ0v) is 16.1. The van der Waals surface area contributed by atoms with Gasteiger partial charge in [-0.25, -0.2) is 0 Å². The Morgan fingerprint density at radius 1 is 1.32 bits per heavy atom. The molecule has 1 fully saturated rings. The Hall–Kier alpha value is -2.65. The SMILES string of the molecule is NC(=O)CNC(=O)c1cc2c(s1)C1(CCN(C(=O)c3ccc[nH]3)CC1)OCC2. The van der Waals surface area contributed by atoms with Crippen LogP contribution in [0.25, 0.3) is 0 Å². The molecule has 0 bridgehead atoms. The average Bonchev–Trinajstić information content (AvgIpc) is 3.37. The first kappa shape index (κ1) is 18.7. The van der Waals surface area contributed by atoms with Gasteiger partial charge in [0.2, 0.25) is 5.91 Å². The first-order chi connectivity index (χ1) is 13.5. The molecule has 2 aliphatic heterocycles. The van der Waals surface area contributed by atoms with Crippen molar-refractivity contribution in [1.29, 1.82) is 0 Å². The smallest absolute Gasteiger partial charge is 0.270 e. The minimum absolute atomic E-state index is 0.00594. The van der Waals surface area contributed by atoms with E-state index >= 15 is 0 Å². The number of likely N-dealkylation sites (tertiary alicyclic amines) is 1. The second-order valence-electron chi connectivity index (χ2n) is 7.08. The molecule has 0 aromatic carbocycles. The standard InChI is InChI=1S/C19H22N4O4S/c20-15(24)11-22-17(25)14-10-12-3-9-27-19(16(12)28-14)4-7-23(8-5-19)18(26)13-2-1-6-21-13/h1-2,6,10,21H,3-5,7-9,11H2,(H2,20,24)(H,22,25). The highest BCUT2D eigenvalue weighted by atomic mass is 32.1. The summed E-state index contributed by atoms with van der Waals surface area (Å²) in [6.07, 6.45) is 3.87. The molecule has 0 atom stereocenters. The second kappa shape index (κ2) is 7.40. The fourth-order valence-electron chi connectivity index (χ4n) is 3.86. The number of primary amides is 1. The van der Waals surface area contributed by atoms with Gasteiger partial charge < -0.3 is 25.7 Å². The first-order valence-corrected chi connectivity index (χ1v) is 10.1. The van der Waals surface area contributed by atoms with Crippen molar-refractivity contribution in [2.24, 2.45) is 5.73 Å². The number of hydrogen-bond donors (Lipinski definition) is 3. The topological polar surface area (TPSA) is 118 Å². The summed E-state index contributed by atoms with van der Waals surface area (Å²) >= 11 is 1.41. The molecule has 0 unspecified atom stereocenters. The molecular weight excluding hydrogens is 380 g/mol. The molecule has 0 radical (unpaired) electrons. The van der Waals surface area contributed by atoms with Gasteiger partial charge in [-0.2, -0.15) is 0 Å². The lowest BCUT2D eigenvalue weighted by atomic mass is 9.85. The van der Waals surface area contributed by atoms with Gasteiger partial charge in [0, 0.05) is 24.2 Å². The molecule has 1 saturated heterocycles. The Kier molecular flexibility index (Phi) is 4.94. The van der Waals surface area contributed by atoms with Crippen LogP contribution in [0.1, 0.15) is 43.4 Å². The number of nitrogens with one attached hydrogen (secondary N) is 2. The maximum absolute atomic E-state index is 12.6. The Balaban J connectivity index is 1.49. The van der Waals surface area contributed by atoms with Crippen LogP contribution in [0.2, 0.25) is 0 Å². The van der Waals surface area contributed by atoms with Crippen LogP contribution in [-0.2, 0) is 21.6 Å². The summed E-state index contributed by atoms with van der Waals surface area (Å²) in [6.45, 7) is 1.60. The monoisotopic (exact) mass is 402 g/mol. The lowest BCUT2D eigenvalue weighted by molar-refractivity contribution is -0.117. The molecule has 2 aromatic heterocycles. The number of ether oxygens (including phenoxy) is 1. The first-order valence-electron chi connectivity index (χ1n) is 9.25. The van der Waals surface area contributed by atoms with Crippen molar-refractivity contribution in [3.8, 4) is 0 Å². The fourth-order valence-corrected chi connectivity index (χ4v) is 5.19. The van der Waals surface area contributed by atoms with Crippen molar-refractivity contribution in [2.75, 3.05) is 26.2 Å². The number of carbonyl (C=O) groups excluding carboxylic acids is 3. The number of nitrogens with two attached hydrogens (primary N) is 1. The number of amides is 3. The molecule has 3 amide bonds. The molecule has 4 rings (SSSR count). The summed E-state index contributed by atoms with van der Waals surface area (Å²) in [5, 5.41) is 2.54. The van der Waals surface area contributed by atoms with Crippen LogP contribution in [-0.4, -0.2) is 53.8 Å². The molecular formula is C19H22N4O4S. The molecule has 4 heterocycles. The average molecular weight is 402 g/mol. The Morgan fingerprint density at radius 3 is 2.79 bits per heavy atom. The lowest BCUT2D eigenvalue weighted by Crippen LogP contribution is -2.48. The second-order valence-corrected chi connectivity index (χ2v) is 8.13. The van der Waals surface area contributed by atoms with Gasteiger partial charge in [0.15, 0.2) is 0 Å². The Labute approximate surface area is 166 Å². The number of thiophene rings is 1. The number of rotatable bonds is 4. The zero-order valence-electron chi connectivity index (χ0n) is 15.3. The van der Waals surface area contributed by atoms with Crippen LogP contribution >= 0.6 is 11.3 Å². The van der Waals surface area contributed by atoms with Gasteiger partial charge in [-0.05, 0) is 43.0 Å². The predicted molar refractivity (Wildman–Crippen MR) is 103 cm³/mol. The van der Waals surface area contributed by atoms with Crippen molar-refractivity contribution in [2.45, 2.75) is 24.9 Å². The van der Waals surface area contributed by atoms with Gasteiger partial charge in [0.25, 0.3) is 11.8 Å². The summed E-state index contributed by atoms with van der Waals surface area (Å²) in [7, 11) is 0. The van der Waals surface area contributed by atoms with Gasteiger partial charge in [-0.3, -0.25) is 14.4 Å². The number of fused-ring (bicyclic) bond motifs is 2. The summed E-state index contributed by atoms with van der Waals surface area (Å²) in [5.41, 5.74) is 6.35. The van der Waals surface area contributed by atoms with Gasteiger partial charge in [0.1, 0.15) is 11.3 Å². The van der Waals surface area contributed by atoms with Crippen molar-refractivity contribution in [1.82, 2.24) is 15.2 Å². The number of hydrogen-bond acceptors (Lipinski definition) is 5. The van der Waals surface area contributed by atoms with E-state index in [-0.39, 0.29) is 18.4 Å². The third-order valence-electron chi connectivity index (χ3n) is 5.31. The number of aromatic nitrogens is 1. The van der Waals surface area contributed by atoms with Crippen molar-refractivity contribution < 1.29 is 19.1 Å². The number of piperidine rings is 1. The van der Waals surface area contributed by atoms with Crippen LogP contribution in [0.15, 0.2) is 24.4 Å². The normalized spacial score (nSPS) is 17.9. The van der Waals surface area contributed by atoms with E-state index in [1.165, 1.54) is 11.3 Å². The molecule has 9 heteroatoms. The molecule has 148 valence electrons. The summed E-state index contributed by atoms with van der Waals surface area (Å²) in [5.74, 6) is -0.880.